The number of carbonyl (C=O) groups is 1. The maximum absolute atomic E-state index is 11.8. The second-order valence-electron chi connectivity index (χ2n) is 4.48. The van der Waals surface area contributed by atoms with Gasteiger partial charge in [0.25, 0.3) is 0 Å². The fourth-order valence-electron chi connectivity index (χ4n) is 1.96. The van der Waals surface area contributed by atoms with Gasteiger partial charge >= 0.3 is 6.03 Å². The van der Waals surface area contributed by atoms with Crippen molar-refractivity contribution in [3.8, 4) is 0 Å². The Bertz CT molecular complexity index is 207. The summed E-state index contributed by atoms with van der Waals surface area (Å²) in [7, 11) is 0. The average molecular weight is 214 g/mol. The van der Waals surface area contributed by atoms with E-state index in [0.717, 1.165) is 32.2 Å². The first-order chi connectivity index (χ1) is 7.15. The van der Waals surface area contributed by atoms with E-state index in [1.165, 1.54) is 0 Å². The summed E-state index contributed by atoms with van der Waals surface area (Å²) in [5.41, 5.74) is 0. The molecule has 1 aliphatic rings. The summed E-state index contributed by atoms with van der Waals surface area (Å²) in [5.74, 6) is 0. The fraction of sp³-hybridized carbons (Fsp3) is 0.909. The third kappa shape index (κ3) is 3.70. The summed E-state index contributed by atoms with van der Waals surface area (Å²) in [4.78, 5) is 13.6. The SMILES string of the molecule is CC(C)NC(=O)N1CCCCCC1CO. The van der Waals surface area contributed by atoms with Crippen molar-refractivity contribution in [2.45, 2.75) is 51.6 Å². The number of nitrogens with zero attached hydrogens (tertiary/aromatic N) is 1. The molecule has 0 radical (unpaired) electrons. The van der Waals surface area contributed by atoms with Crippen molar-refractivity contribution in [1.82, 2.24) is 10.2 Å². The van der Waals surface area contributed by atoms with Crippen molar-refractivity contribution in [1.29, 1.82) is 0 Å². The van der Waals surface area contributed by atoms with Crippen LogP contribution in [0.15, 0.2) is 0 Å². The highest BCUT2D eigenvalue weighted by Crippen LogP contribution is 2.16. The van der Waals surface area contributed by atoms with Gasteiger partial charge in [-0.15, -0.1) is 0 Å². The van der Waals surface area contributed by atoms with Gasteiger partial charge < -0.3 is 15.3 Å². The van der Waals surface area contributed by atoms with E-state index in [1.54, 1.807) is 4.90 Å². The van der Waals surface area contributed by atoms with Crippen molar-refractivity contribution < 1.29 is 9.90 Å². The molecule has 4 heteroatoms. The number of rotatable bonds is 2. The van der Waals surface area contributed by atoms with Crippen molar-refractivity contribution >= 4 is 6.03 Å². The number of aliphatic hydroxyl groups excluding tert-OH is 1. The van der Waals surface area contributed by atoms with Crippen LogP contribution in [0.2, 0.25) is 0 Å². The highest BCUT2D eigenvalue weighted by Gasteiger charge is 2.24. The number of carbonyl (C=O) groups excluding carboxylic acids is 1. The Balaban J connectivity index is 2.57. The molecule has 0 aromatic rings. The Morgan fingerprint density at radius 2 is 2.20 bits per heavy atom. The molecule has 0 bridgehead atoms. The lowest BCUT2D eigenvalue weighted by Crippen LogP contribution is -2.49. The molecule has 0 aromatic heterocycles. The van der Waals surface area contributed by atoms with E-state index in [-0.39, 0.29) is 24.7 Å². The first kappa shape index (κ1) is 12.3. The molecule has 1 aliphatic heterocycles. The van der Waals surface area contributed by atoms with Crippen LogP contribution in [0.4, 0.5) is 4.79 Å². The highest BCUT2D eigenvalue weighted by atomic mass is 16.3. The number of amides is 2. The van der Waals surface area contributed by atoms with Gasteiger partial charge in [-0.05, 0) is 26.7 Å². The van der Waals surface area contributed by atoms with Gasteiger partial charge in [-0.1, -0.05) is 12.8 Å². The zero-order valence-corrected chi connectivity index (χ0v) is 9.70. The number of nitrogens with one attached hydrogen (secondary N) is 1. The first-order valence-electron chi connectivity index (χ1n) is 5.83. The van der Waals surface area contributed by atoms with Gasteiger partial charge in [0.1, 0.15) is 0 Å². The second-order valence-corrected chi connectivity index (χ2v) is 4.48. The molecule has 2 amide bonds. The number of hydrogen-bond donors (Lipinski definition) is 2. The summed E-state index contributed by atoms with van der Waals surface area (Å²) in [6, 6.07) is 0.122. The Morgan fingerprint density at radius 3 is 2.80 bits per heavy atom. The lowest BCUT2D eigenvalue weighted by atomic mass is 10.1. The molecule has 88 valence electrons. The zero-order chi connectivity index (χ0) is 11.3. The Labute approximate surface area is 91.6 Å². The largest absolute Gasteiger partial charge is 0.394 e. The van der Waals surface area contributed by atoms with Gasteiger partial charge in [-0.25, -0.2) is 4.79 Å². The third-order valence-electron chi connectivity index (χ3n) is 2.76. The van der Waals surface area contributed by atoms with Crippen LogP contribution in [-0.2, 0) is 0 Å². The van der Waals surface area contributed by atoms with E-state index in [4.69, 9.17) is 0 Å². The Hall–Kier alpha value is -0.770. The van der Waals surface area contributed by atoms with Crippen LogP contribution in [-0.4, -0.2) is 41.3 Å². The fourth-order valence-corrected chi connectivity index (χ4v) is 1.96. The van der Waals surface area contributed by atoms with E-state index < -0.39 is 0 Å². The summed E-state index contributed by atoms with van der Waals surface area (Å²) in [6.07, 6.45) is 4.22. The summed E-state index contributed by atoms with van der Waals surface area (Å²) >= 11 is 0. The molecule has 0 spiro atoms. The van der Waals surface area contributed by atoms with Crippen molar-refractivity contribution in [3.63, 3.8) is 0 Å². The van der Waals surface area contributed by atoms with Crippen LogP contribution in [0, 0.1) is 0 Å². The molecule has 4 nitrogen and oxygen atoms in total. The predicted molar refractivity (Wildman–Crippen MR) is 59.7 cm³/mol. The molecule has 1 heterocycles. The molecular formula is C11H22N2O2. The first-order valence-corrected chi connectivity index (χ1v) is 5.83. The number of aliphatic hydroxyl groups is 1. The average Bonchev–Trinajstić information content (AvgIpc) is 2.40. The lowest BCUT2D eigenvalue weighted by molar-refractivity contribution is 0.132. The second kappa shape index (κ2) is 5.95. The lowest BCUT2D eigenvalue weighted by Gasteiger charge is -2.29. The smallest absolute Gasteiger partial charge is 0.317 e. The topological polar surface area (TPSA) is 52.6 Å². The van der Waals surface area contributed by atoms with Gasteiger partial charge in [0.2, 0.25) is 0 Å². The number of urea groups is 1. The van der Waals surface area contributed by atoms with Crippen molar-refractivity contribution in [2.75, 3.05) is 13.2 Å². The molecule has 0 aromatic carbocycles. The summed E-state index contributed by atoms with van der Waals surface area (Å²) < 4.78 is 0. The van der Waals surface area contributed by atoms with E-state index in [9.17, 15) is 9.90 Å². The maximum atomic E-state index is 11.8. The molecule has 1 fully saturated rings. The maximum Gasteiger partial charge on any atom is 0.317 e. The third-order valence-corrected chi connectivity index (χ3v) is 2.76. The molecule has 2 N–H and O–H groups in total. The molecular weight excluding hydrogens is 192 g/mol. The van der Waals surface area contributed by atoms with Crippen LogP contribution in [0.5, 0.6) is 0 Å². The van der Waals surface area contributed by atoms with Gasteiger partial charge in [0.15, 0.2) is 0 Å². The minimum atomic E-state index is -0.0362. The van der Waals surface area contributed by atoms with Crippen molar-refractivity contribution in [2.24, 2.45) is 0 Å². The molecule has 1 atom stereocenters. The van der Waals surface area contributed by atoms with Crippen LogP contribution >= 0.6 is 0 Å². The molecule has 0 saturated carbocycles. The minimum Gasteiger partial charge on any atom is -0.394 e. The van der Waals surface area contributed by atoms with Gasteiger partial charge in [-0.2, -0.15) is 0 Å². The van der Waals surface area contributed by atoms with Crippen molar-refractivity contribution in [3.05, 3.63) is 0 Å². The molecule has 1 saturated heterocycles. The standard InChI is InChI=1S/C11H22N2O2/c1-9(2)12-11(15)13-7-5-3-4-6-10(13)8-14/h9-10,14H,3-8H2,1-2H3,(H,12,15). The molecule has 0 aliphatic carbocycles. The predicted octanol–water partition coefficient (Wildman–Crippen LogP) is 1.34. The van der Waals surface area contributed by atoms with E-state index in [0.29, 0.717) is 0 Å². The van der Waals surface area contributed by atoms with E-state index >= 15 is 0 Å². The van der Waals surface area contributed by atoms with E-state index in [1.807, 2.05) is 13.8 Å². The summed E-state index contributed by atoms with van der Waals surface area (Å²) in [5, 5.41) is 12.1. The van der Waals surface area contributed by atoms with Gasteiger partial charge in [0.05, 0.1) is 12.6 Å². The Morgan fingerprint density at radius 1 is 1.47 bits per heavy atom. The normalized spacial score (nSPS) is 22.7. The van der Waals surface area contributed by atoms with Crippen LogP contribution in [0.25, 0.3) is 0 Å². The Kier molecular flexibility index (Phi) is 4.88. The number of likely N-dealkylation sites (tertiary alicyclic amines) is 1. The van der Waals surface area contributed by atoms with Gasteiger partial charge in [0, 0.05) is 12.6 Å². The quantitative estimate of drug-likeness (QED) is 0.729. The van der Waals surface area contributed by atoms with E-state index in [2.05, 4.69) is 5.32 Å². The zero-order valence-electron chi connectivity index (χ0n) is 9.70. The summed E-state index contributed by atoms with van der Waals surface area (Å²) in [6.45, 7) is 4.74. The minimum absolute atomic E-state index is 0.00579. The molecule has 15 heavy (non-hydrogen) atoms. The molecule has 1 rings (SSSR count). The monoisotopic (exact) mass is 214 g/mol. The van der Waals surface area contributed by atoms with Crippen LogP contribution in [0.1, 0.15) is 39.5 Å². The van der Waals surface area contributed by atoms with Crippen LogP contribution < -0.4 is 5.32 Å². The van der Waals surface area contributed by atoms with Gasteiger partial charge in [-0.3, -0.25) is 0 Å². The number of hydrogen-bond acceptors (Lipinski definition) is 2. The van der Waals surface area contributed by atoms with Crippen LogP contribution in [0.3, 0.4) is 0 Å². The molecule has 1 unspecified atom stereocenters. The highest BCUT2D eigenvalue weighted by molar-refractivity contribution is 5.74.